The maximum absolute atomic E-state index is 11.7. The minimum atomic E-state index is -0.174. The second-order valence-corrected chi connectivity index (χ2v) is 3.86. The fourth-order valence-electron chi connectivity index (χ4n) is 1.68. The van der Waals surface area contributed by atoms with Gasteiger partial charge in [0.25, 0.3) is 5.56 Å². The van der Waals surface area contributed by atoms with Gasteiger partial charge in [-0.2, -0.15) is 0 Å². The van der Waals surface area contributed by atoms with E-state index in [1.165, 1.54) is 4.57 Å². The third-order valence-corrected chi connectivity index (χ3v) is 2.60. The number of hydrogen-bond acceptors (Lipinski definition) is 4. The summed E-state index contributed by atoms with van der Waals surface area (Å²) in [6.07, 6.45) is 5.25. The summed E-state index contributed by atoms with van der Waals surface area (Å²) in [6.45, 7) is 2.06. The summed E-state index contributed by atoms with van der Waals surface area (Å²) < 4.78 is 3.14. The van der Waals surface area contributed by atoms with Crippen LogP contribution in [0, 0.1) is 0 Å². The Morgan fingerprint density at radius 2 is 2.19 bits per heavy atom. The van der Waals surface area contributed by atoms with E-state index in [9.17, 15) is 4.79 Å². The van der Waals surface area contributed by atoms with E-state index in [1.807, 2.05) is 0 Å². The van der Waals surface area contributed by atoms with E-state index >= 15 is 0 Å². The quantitative estimate of drug-likeness (QED) is 0.804. The largest absolute Gasteiger partial charge is 0.321 e. The third kappa shape index (κ3) is 1.61. The first-order valence-electron chi connectivity index (χ1n) is 5.31. The lowest BCUT2D eigenvalue weighted by Gasteiger charge is -2.07. The zero-order chi connectivity index (χ0) is 11.7. The summed E-state index contributed by atoms with van der Waals surface area (Å²) in [5, 5.41) is 7.87. The van der Waals surface area contributed by atoms with Crippen molar-refractivity contribution in [3.05, 3.63) is 28.6 Å². The lowest BCUT2D eigenvalue weighted by Crippen LogP contribution is -2.20. The van der Waals surface area contributed by atoms with E-state index in [4.69, 9.17) is 5.73 Å². The van der Waals surface area contributed by atoms with Crippen molar-refractivity contribution in [2.75, 3.05) is 0 Å². The fraction of sp³-hybridized carbons (Fsp3) is 0.500. The lowest BCUT2D eigenvalue weighted by atomic mass is 10.2. The molecule has 0 aliphatic heterocycles. The number of aromatic nitrogens is 4. The molecule has 0 fully saturated rings. The fourth-order valence-corrected chi connectivity index (χ4v) is 1.68. The predicted molar refractivity (Wildman–Crippen MR) is 60.1 cm³/mol. The first-order valence-corrected chi connectivity index (χ1v) is 5.31. The lowest BCUT2D eigenvalue weighted by molar-refractivity contribution is 0.595. The summed E-state index contributed by atoms with van der Waals surface area (Å²) >= 11 is 0. The van der Waals surface area contributed by atoms with Gasteiger partial charge in [-0.3, -0.25) is 9.20 Å². The SMILES string of the molecule is CCC[C@H](N)c1nnc2c(=O)n(C)ccn12. The molecule has 0 saturated carbocycles. The van der Waals surface area contributed by atoms with Crippen molar-refractivity contribution in [1.82, 2.24) is 19.2 Å². The van der Waals surface area contributed by atoms with Crippen molar-refractivity contribution in [1.29, 1.82) is 0 Å². The first-order chi connectivity index (χ1) is 7.65. The maximum Gasteiger partial charge on any atom is 0.295 e. The molecule has 1 atom stereocenters. The van der Waals surface area contributed by atoms with Crippen molar-refractivity contribution >= 4 is 5.65 Å². The average molecular weight is 221 g/mol. The number of hydrogen-bond donors (Lipinski definition) is 1. The van der Waals surface area contributed by atoms with Gasteiger partial charge >= 0.3 is 0 Å². The molecule has 2 aromatic rings. The summed E-state index contributed by atoms with van der Waals surface area (Å²) in [5.74, 6) is 0.648. The zero-order valence-electron chi connectivity index (χ0n) is 9.42. The molecule has 16 heavy (non-hydrogen) atoms. The molecule has 2 rings (SSSR count). The van der Waals surface area contributed by atoms with E-state index in [-0.39, 0.29) is 11.6 Å². The Morgan fingerprint density at radius 3 is 2.88 bits per heavy atom. The van der Waals surface area contributed by atoms with Crippen LogP contribution in [0.5, 0.6) is 0 Å². The number of nitrogens with two attached hydrogens (primary N) is 1. The highest BCUT2D eigenvalue weighted by atomic mass is 16.1. The molecule has 0 bridgehead atoms. The van der Waals surface area contributed by atoms with E-state index in [0.29, 0.717) is 11.5 Å². The topological polar surface area (TPSA) is 78.2 Å². The number of nitrogens with zero attached hydrogens (tertiary/aromatic N) is 4. The van der Waals surface area contributed by atoms with Crippen LogP contribution in [0.3, 0.4) is 0 Å². The molecule has 2 N–H and O–H groups in total. The smallest absolute Gasteiger partial charge is 0.295 e. The highest BCUT2D eigenvalue weighted by Gasteiger charge is 2.14. The van der Waals surface area contributed by atoms with Crippen molar-refractivity contribution in [3.8, 4) is 0 Å². The monoisotopic (exact) mass is 221 g/mol. The molecule has 0 spiro atoms. The zero-order valence-corrected chi connectivity index (χ0v) is 9.42. The second kappa shape index (κ2) is 4.05. The summed E-state index contributed by atoms with van der Waals surface area (Å²) in [7, 11) is 1.68. The summed E-state index contributed by atoms with van der Waals surface area (Å²) in [4.78, 5) is 11.7. The molecule has 6 nitrogen and oxygen atoms in total. The van der Waals surface area contributed by atoms with Crippen molar-refractivity contribution in [2.45, 2.75) is 25.8 Å². The molecule has 0 unspecified atom stereocenters. The summed E-state index contributed by atoms with van der Waals surface area (Å²) in [6, 6.07) is -0.174. The number of rotatable bonds is 3. The van der Waals surface area contributed by atoms with Crippen LogP contribution in [0.25, 0.3) is 5.65 Å². The van der Waals surface area contributed by atoms with Crippen LogP contribution in [-0.2, 0) is 7.05 Å². The molecule has 0 aliphatic rings. The molecule has 6 heteroatoms. The Labute approximate surface area is 92.7 Å². The van der Waals surface area contributed by atoms with E-state index in [1.54, 1.807) is 23.8 Å². The highest BCUT2D eigenvalue weighted by molar-refractivity contribution is 5.35. The molecule has 0 radical (unpaired) electrons. The van der Waals surface area contributed by atoms with Crippen LogP contribution in [0.1, 0.15) is 31.6 Å². The Hall–Kier alpha value is -1.69. The van der Waals surface area contributed by atoms with Crippen molar-refractivity contribution < 1.29 is 0 Å². The Balaban J connectivity index is 2.58. The minimum absolute atomic E-state index is 0.162. The van der Waals surface area contributed by atoms with Gasteiger partial charge < -0.3 is 10.3 Å². The normalized spacial score (nSPS) is 13.2. The summed E-state index contributed by atoms with van der Waals surface area (Å²) in [5.41, 5.74) is 6.14. The molecule has 0 aliphatic carbocycles. The van der Waals surface area contributed by atoms with Crippen molar-refractivity contribution in [2.24, 2.45) is 12.8 Å². The van der Waals surface area contributed by atoms with E-state index in [0.717, 1.165) is 12.8 Å². The Kier molecular flexibility index (Phi) is 2.74. The van der Waals surface area contributed by atoms with Gasteiger partial charge in [-0.15, -0.1) is 10.2 Å². The Morgan fingerprint density at radius 1 is 1.44 bits per heavy atom. The minimum Gasteiger partial charge on any atom is -0.321 e. The van der Waals surface area contributed by atoms with Crippen LogP contribution in [0.4, 0.5) is 0 Å². The number of aryl methyl sites for hydroxylation is 1. The molecule has 0 aromatic carbocycles. The van der Waals surface area contributed by atoms with Crippen LogP contribution < -0.4 is 11.3 Å². The van der Waals surface area contributed by atoms with Crippen LogP contribution >= 0.6 is 0 Å². The predicted octanol–water partition coefficient (Wildman–Crippen LogP) is 0.228. The maximum atomic E-state index is 11.7. The standard InChI is InChI=1S/C10H15N5O/c1-3-4-7(11)8-12-13-9-10(16)14(2)5-6-15(8)9/h5-7H,3-4,11H2,1-2H3/t7-/m0/s1. The van der Waals surface area contributed by atoms with E-state index in [2.05, 4.69) is 17.1 Å². The highest BCUT2D eigenvalue weighted by Crippen LogP contribution is 2.12. The molecule has 2 heterocycles. The molecule has 86 valence electrons. The molecule has 0 amide bonds. The average Bonchev–Trinajstić information content (AvgIpc) is 2.68. The third-order valence-electron chi connectivity index (χ3n) is 2.60. The van der Waals surface area contributed by atoms with Gasteiger partial charge in [-0.05, 0) is 6.42 Å². The van der Waals surface area contributed by atoms with Gasteiger partial charge in [0.05, 0.1) is 6.04 Å². The van der Waals surface area contributed by atoms with Gasteiger partial charge in [-0.25, -0.2) is 0 Å². The van der Waals surface area contributed by atoms with Gasteiger partial charge in [0, 0.05) is 19.4 Å². The van der Waals surface area contributed by atoms with Gasteiger partial charge in [0.2, 0.25) is 5.65 Å². The van der Waals surface area contributed by atoms with E-state index < -0.39 is 0 Å². The molecular weight excluding hydrogens is 206 g/mol. The van der Waals surface area contributed by atoms with Crippen LogP contribution in [-0.4, -0.2) is 19.2 Å². The van der Waals surface area contributed by atoms with Gasteiger partial charge in [0.1, 0.15) is 0 Å². The van der Waals surface area contributed by atoms with Crippen molar-refractivity contribution in [3.63, 3.8) is 0 Å². The van der Waals surface area contributed by atoms with Gasteiger partial charge in [-0.1, -0.05) is 13.3 Å². The molecular formula is C10H15N5O. The first kappa shape index (κ1) is 10.8. The Bertz CT molecular complexity index is 556. The van der Waals surface area contributed by atoms with Crippen LogP contribution in [0.15, 0.2) is 17.2 Å². The second-order valence-electron chi connectivity index (χ2n) is 3.86. The van der Waals surface area contributed by atoms with Crippen LogP contribution in [0.2, 0.25) is 0 Å². The van der Waals surface area contributed by atoms with Gasteiger partial charge in [0.15, 0.2) is 5.82 Å². The molecule has 2 aromatic heterocycles. The molecule has 0 saturated heterocycles. The number of fused-ring (bicyclic) bond motifs is 1.